The molecule has 0 aliphatic carbocycles. The van der Waals surface area contributed by atoms with Crippen LogP contribution in [0.5, 0.6) is 0 Å². The van der Waals surface area contributed by atoms with Crippen LogP contribution in [0, 0.1) is 0 Å². The fourth-order valence-corrected chi connectivity index (χ4v) is 2.67. The molecule has 6 nitrogen and oxygen atoms in total. The zero-order valence-corrected chi connectivity index (χ0v) is 14.1. The number of nitrogens with one attached hydrogen (secondary N) is 1. The van der Waals surface area contributed by atoms with Crippen molar-refractivity contribution in [2.75, 3.05) is 11.9 Å². The van der Waals surface area contributed by atoms with Crippen molar-refractivity contribution in [3.63, 3.8) is 0 Å². The summed E-state index contributed by atoms with van der Waals surface area (Å²) in [6.45, 7) is -0.307. The maximum Gasteiger partial charge on any atom is 0.288 e. The monoisotopic (exact) mass is 384 g/mol. The van der Waals surface area contributed by atoms with Crippen LogP contribution in [0.4, 0.5) is 14.5 Å². The number of carbonyl (C=O) groups excluding carboxylic acids is 1. The number of hydrogen-bond acceptors (Lipinski definition) is 5. The highest BCUT2D eigenvalue weighted by Gasteiger charge is 2.10. The largest absolute Gasteiger partial charge is 0.385 e. The normalized spacial score (nSPS) is 11.0. The Bertz CT molecular complexity index is 889. The number of nitrogens with zero attached hydrogens (tertiary/aromatic N) is 3. The molecule has 1 N–H and O–H groups in total. The van der Waals surface area contributed by atoms with Crippen LogP contribution in [0.2, 0.25) is 5.02 Å². The molecule has 0 spiro atoms. The standard InChI is InChI=1S/C15H11ClF2N4O2S/c16-9-1-6-12-13(7-9)22(21-20-12)24-8-14(23)19-10-2-4-11(5-3-10)25-15(17)18/h1-7,15H,8H2,(H,19,23). The van der Waals surface area contributed by atoms with Crippen molar-refractivity contribution in [1.29, 1.82) is 0 Å². The lowest BCUT2D eigenvalue weighted by Gasteiger charge is -2.08. The summed E-state index contributed by atoms with van der Waals surface area (Å²) in [5, 5.41) is 10.8. The Kier molecular flexibility index (Phi) is 5.34. The van der Waals surface area contributed by atoms with Crippen LogP contribution in [0.25, 0.3) is 11.0 Å². The maximum atomic E-state index is 12.3. The van der Waals surface area contributed by atoms with Crippen LogP contribution in [0.15, 0.2) is 47.4 Å². The predicted molar refractivity (Wildman–Crippen MR) is 90.9 cm³/mol. The van der Waals surface area contributed by atoms with E-state index in [0.717, 1.165) is 4.85 Å². The smallest absolute Gasteiger partial charge is 0.288 e. The summed E-state index contributed by atoms with van der Waals surface area (Å²) in [4.78, 5) is 18.7. The Morgan fingerprint density at radius 3 is 2.76 bits per heavy atom. The quantitative estimate of drug-likeness (QED) is 0.659. The predicted octanol–water partition coefficient (Wildman–Crippen LogP) is 3.47. The van der Waals surface area contributed by atoms with Crippen molar-refractivity contribution in [2.45, 2.75) is 10.7 Å². The van der Waals surface area contributed by atoms with Gasteiger partial charge in [-0.25, -0.2) is 0 Å². The summed E-state index contributed by atoms with van der Waals surface area (Å²) in [5.74, 6) is -2.92. The fraction of sp³-hybridized carbons (Fsp3) is 0.133. The Hall–Kier alpha value is -2.39. The number of thioether (sulfide) groups is 1. The average molecular weight is 385 g/mol. The molecule has 0 saturated carbocycles. The van der Waals surface area contributed by atoms with E-state index in [1.165, 1.54) is 24.3 Å². The van der Waals surface area contributed by atoms with E-state index in [-0.39, 0.29) is 6.61 Å². The van der Waals surface area contributed by atoms with Crippen molar-refractivity contribution in [3.8, 4) is 0 Å². The highest BCUT2D eigenvalue weighted by molar-refractivity contribution is 7.99. The summed E-state index contributed by atoms with van der Waals surface area (Å²) < 4.78 is 24.5. The first-order valence-electron chi connectivity index (χ1n) is 7.00. The molecule has 1 amide bonds. The molecule has 1 heterocycles. The van der Waals surface area contributed by atoms with E-state index in [1.54, 1.807) is 18.2 Å². The summed E-state index contributed by atoms with van der Waals surface area (Å²) in [5.41, 5.74) is 1.59. The van der Waals surface area contributed by atoms with Crippen LogP contribution < -0.4 is 10.2 Å². The highest BCUT2D eigenvalue weighted by Crippen LogP contribution is 2.26. The second-order valence-corrected chi connectivity index (χ2v) is 6.32. The van der Waals surface area contributed by atoms with Gasteiger partial charge in [0.2, 0.25) is 0 Å². The van der Waals surface area contributed by atoms with Crippen molar-refractivity contribution < 1.29 is 18.4 Å². The summed E-state index contributed by atoms with van der Waals surface area (Å²) in [6, 6.07) is 11.0. The van der Waals surface area contributed by atoms with Gasteiger partial charge in [0.25, 0.3) is 11.7 Å². The van der Waals surface area contributed by atoms with Gasteiger partial charge in [0.05, 0.1) is 0 Å². The van der Waals surface area contributed by atoms with E-state index in [4.69, 9.17) is 16.4 Å². The van der Waals surface area contributed by atoms with Gasteiger partial charge in [0.15, 0.2) is 6.61 Å². The van der Waals surface area contributed by atoms with Gasteiger partial charge >= 0.3 is 0 Å². The number of carbonyl (C=O) groups is 1. The highest BCUT2D eigenvalue weighted by atomic mass is 35.5. The van der Waals surface area contributed by atoms with Crippen LogP contribution in [-0.4, -0.2) is 33.4 Å². The van der Waals surface area contributed by atoms with E-state index >= 15 is 0 Å². The molecule has 3 rings (SSSR count). The number of anilines is 1. The van der Waals surface area contributed by atoms with E-state index < -0.39 is 11.7 Å². The molecule has 0 saturated heterocycles. The van der Waals surface area contributed by atoms with Gasteiger partial charge < -0.3 is 10.2 Å². The number of hydrogen-bond donors (Lipinski definition) is 1. The zero-order valence-electron chi connectivity index (χ0n) is 12.5. The lowest BCUT2D eigenvalue weighted by molar-refractivity contribution is -0.121. The van der Waals surface area contributed by atoms with E-state index in [9.17, 15) is 13.6 Å². The number of amides is 1. The van der Waals surface area contributed by atoms with Gasteiger partial charge in [-0.15, -0.1) is 5.10 Å². The fourth-order valence-electron chi connectivity index (χ4n) is 2.00. The average Bonchev–Trinajstić information content (AvgIpc) is 2.96. The van der Waals surface area contributed by atoms with Crippen molar-refractivity contribution in [1.82, 2.24) is 15.2 Å². The first kappa shape index (κ1) is 17.4. The second kappa shape index (κ2) is 7.66. The van der Waals surface area contributed by atoms with Gasteiger partial charge in [-0.05, 0) is 47.7 Å². The van der Waals surface area contributed by atoms with E-state index in [0.29, 0.717) is 38.4 Å². The molecule has 1 aromatic heterocycles. The molecule has 0 aliphatic heterocycles. The second-order valence-electron chi connectivity index (χ2n) is 4.82. The summed E-state index contributed by atoms with van der Waals surface area (Å²) >= 11 is 6.35. The van der Waals surface area contributed by atoms with E-state index in [2.05, 4.69) is 15.6 Å². The SMILES string of the molecule is O=C(COn1nnc2ccc(Cl)cc21)Nc1ccc(SC(F)F)cc1. The number of alkyl halides is 2. The molecule has 0 unspecified atom stereocenters. The number of aromatic nitrogens is 3. The minimum atomic E-state index is -2.49. The number of benzene rings is 2. The zero-order chi connectivity index (χ0) is 17.8. The van der Waals surface area contributed by atoms with E-state index in [1.807, 2.05) is 0 Å². The van der Waals surface area contributed by atoms with Gasteiger partial charge in [-0.2, -0.15) is 8.78 Å². The van der Waals surface area contributed by atoms with Crippen molar-refractivity contribution in [2.24, 2.45) is 0 Å². The first-order chi connectivity index (χ1) is 12.0. The third-order valence-corrected chi connectivity index (χ3v) is 4.02. The lowest BCUT2D eigenvalue weighted by Crippen LogP contribution is -2.26. The van der Waals surface area contributed by atoms with Crippen molar-refractivity contribution in [3.05, 3.63) is 47.5 Å². The molecule has 0 aliphatic rings. The summed E-state index contributed by atoms with van der Waals surface area (Å²) in [7, 11) is 0. The van der Waals surface area contributed by atoms with Gasteiger partial charge in [0, 0.05) is 15.6 Å². The Morgan fingerprint density at radius 1 is 1.28 bits per heavy atom. The molecule has 3 aromatic rings. The van der Waals surface area contributed by atoms with Crippen LogP contribution in [0.1, 0.15) is 0 Å². The number of rotatable bonds is 6. The minimum Gasteiger partial charge on any atom is -0.385 e. The third-order valence-electron chi connectivity index (χ3n) is 3.06. The number of fused-ring (bicyclic) bond motifs is 1. The molecule has 10 heteroatoms. The molecule has 2 aromatic carbocycles. The Balaban J connectivity index is 1.58. The molecule has 130 valence electrons. The van der Waals surface area contributed by atoms with Gasteiger partial charge in [-0.1, -0.05) is 28.2 Å². The van der Waals surface area contributed by atoms with Crippen LogP contribution >= 0.6 is 23.4 Å². The molecule has 0 atom stereocenters. The van der Waals surface area contributed by atoms with Gasteiger partial charge in [0.1, 0.15) is 11.0 Å². The molecule has 0 bridgehead atoms. The number of halogens is 3. The maximum absolute atomic E-state index is 12.3. The molecule has 0 radical (unpaired) electrons. The molecule has 0 fully saturated rings. The van der Waals surface area contributed by atoms with Crippen molar-refractivity contribution >= 4 is 46.0 Å². The Morgan fingerprint density at radius 2 is 2.04 bits per heavy atom. The first-order valence-corrected chi connectivity index (χ1v) is 8.26. The topological polar surface area (TPSA) is 69.0 Å². The Labute approximate surface area is 150 Å². The molecular formula is C15H11ClF2N4O2S. The summed E-state index contributed by atoms with van der Waals surface area (Å²) in [6.07, 6.45) is 0. The van der Waals surface area contributed by atoms with Crippen LogP contribution in [0.3, 0.4) is 0 Å². The minimum absolute atomic E-state index is 0.307. The molecular weight excluding hydrogens is 374 g/mol. The third kappa shape index (κ3) is 4.58. The molecule has 25 heavy (non-hydrogen) atoms. The van der Waals surface area contributed by atoms with Gasteiger partial charge in [-0.3, -0.25) is 4.79 Å². The van der Waals surface area contributed by atoms with Crippen LogP contribution in [-0.2, 0) is 4.79 Å². The lowest BCUT2D eigenvalue weighted by atomic mass is 10.3.